The van der Waals surface area contributed by atoms with Gasteiger partial charge in [-0.25, -0.2) is 4.79 Å². The standard InChI is InChI=1S/C32H41N3O4S/c1-7-22(2)35(30(37)27(19-20-40-6)34-31(38)39-32(3,4)5)28(24-14-9-8-10-15-24)29(36)33-26-18-17-23-13-11-12-16-25(23)21-26/h8-18,21-22,27-28H,7,19-20H2,1-6H3,(H,33,36)(H,34,38). The van der Waals surface area contributed by atoms with Crippen LogP contribution in [-0.4, -0.2) is 52.5 Å². The Morgan fingerprint density at radius 3 is 2.23 bits per heavy atom. The number of fused-ring (bicyclic) bond motifs is 1. The Kier molecular flexibility index (Phi) is 11.0. The number of hydrogen-bond donors (Lipinski definition) is 2. The van der Waals surface area contributed by atoms with Crippen LogP contribution < -0.4 is 10.6 Å². The lowest BCUT2D eigenvalue weighted by atomic mass is 9.99. The molecule has 3 rings (SSSR count). The number of alkyl carbamates (subject to hydrolysis) is 1. The van der Waals surface area contributed by atoms with Crippen LogP contribution in [0.25, 0.3) is 10.8 Å². The third kappa shape index (κ3) is 8.49. The zero-order chi connectivity index (χ0) is 29.3. The van der Waals surface area contributed by atoms with E-state index < -0.39 is 23.8 Å². The fraction of sp³-hybridized carbons (Fsp3) is 0.406. The van der Waals surface area contributed by atoms with E-state index in [0.717, 1.165) is 10.8 Å². The Labute approximate surface area is 242 Å². The molecule has 0 bridgehead atoms. The van der Waals surface area contributed by atoms with Crippen molar-refractivity contribution >= 4 is 46.1 Å². The van der Waals surface area contributed by atoms with Gasteiger partial charge >= 0.3 is 6.09 Å². The smallest absolute Gasteiger partial charge is 0.408 e. The average molecular weight is 564 g/mol. The highest BCUT2D eigenvalue weighted by Gasteiger charge is 2.38. The van der Waals surface area contributed by atoms with Gasteiger partial charge in [-0.2, -0.15) is 11.8 Å². The van der Waals surface area contributed by atoms with Crippen molar-refractivity contribution in [1.82, 2.24) is 10.2 Å². The highest BCUT2D eigenvalue weighted by molar-refractivity contribution is 7.98. The van der Waals surface area contributed by atoms with E-state index in [1.54, 1.807) is 37.4 Å². The highest BCUT2D eigenvalue weighted by atomic mass is 32.2. The van der Waals surface area contributed by atoms with Gasteiger partial charge in [-0.15, -0.1) is 0 Å². The SMILES string of the molecule is CCC(C)N(C(=O)C(CCSC)NC(=O)OC(C)(C)C)C(C(=O)Nc1ccc2ccccc2c1)c1ccccc1. The van der Waals surface area contributed by atoms with Gasteiger partial charge in [0, 0.05) is 11.7 Å². The molecule has 3 unspecified atom stereocenters. The normalized spacial score (nSPS) is 13.7. The molecule has 214 valence electrons. The Morgan fingerprint density at radius 2 is 1.60 bits per heavy atom. The first-order valence-corrected chi connectivity index (χ1v) is 15.1. The summed E-state index contributed by atoms with van der Waals surface area (Å²) in [6, 6.07) is 20.9. The summed E-state index contributed by atoms with van der Waals surface area (Å²) in [5.41, 5.74) is 0.627. The molecule has 0 saturated carbocycles. The van der Waals surface area contributed by atoms with Gasteiger partial charge in [0.1, 0.15) is 17.7 Å². The van der Waals surface area contributed by atoms with E-state index in [0.29, 0.717) is 29.8 Å². The van der Waals surface area contributed by atoms with E-state index in [1.807, 2.05) is 92.9 Å². The maximum atomic E-state index is 14.3. The van der Waals surface area contributed by atoms with Crippen LogP contribution in [0.2, 0.25) is 0 Å². The minimum Gasteiger partial charge on any atom is -0.444 e. The molecule has 0 spiro atoms. The van der Waals surface area contributed by atoms with Crippen molar-refractivity contribution in [1.29, 1.82) is 0 Å². The molecule has 0 aliphatic rings. The van der Waals surface area contributed by atoms with Gasteiger partial charge in [0.2, 0.25) is 5.91 Å². The number of carbonyl (C=O) groups is 3. The number of anilines is 1. The first-order chi connectivity index (χ1) is 19.0. The monoisotopic (exact) mass is 563 g/mol. The van der Waals surface area contributed by atoms with E-state index in [4.69, 9.17) is 4.74 Å². The molecule has 0 aliphatic carbocycles. The second kappa shape index (κ2) is 14.2. The van der Waals surface area contributed by atoms with Crippen molar-refractivity contribution < 1.29 is 19.1 Å². The molecule has 2 N–H and O–H groups in total. The summed E-state index contributed by atoms with van der Waals surface area (Å²) in [5.74, 6) is 0.00705. The van der Waals surface area contributed by atoms with Crippen molar-refractivity contribution in [2.45, 2.75) is 71.2 Å². The summed E-state index contributed by atoms with van der Waals surface area (Å²) < 4.78 is 5.46. The minimum atomic E-state index is -0.910. The first-order valence-electron chi connectivity index (χ1n) is 13.7. The van der Waals surface area contributed by atoms with Crippen LogP contribution in [0.1, 0.15) is 59.1 Å². The third-order valence-corrected chi connectivity index (χ3v) is 7.22. The molecule has 3 atom stereocenters. The van der Waals surface area contributed by atoms with Crippen LogP contribution >= 0.6 is 11.8 Å². The Bertz CT molecular complexity index is 1290. The van der Waals surface area contributed by atoms with Crippen molar-refractivity contribution in [2.24, 2.45) is 0 Å². The quantitative estimate of drug-likeness (QED) is 0.268. The molecule has 3 aromatic rings. The Balaban J connectivity index is 2.00. The summed E-state index contributed by atoms with van der Waals surface area (Å²) in [5, 5.41) is 7.91. The highest BCUT2D eigenvalue weighted by Crippen LogP contribution is 2.29. The van der Waals surface area contributed by atoms with E-state index in [2.05, 4.69) is 10.6 Å². The molecule has 7 nitrogen and oxygen atoms in total. The number of nitrogens with zero attached hydrogens (tertiary/aromatic N) is 1. The van der Waals surface area contributed by atoms with Crippen LogP contribution in [0.4, 0.5) is 10.5 Å². The molecule has 3 aromatic carbocycles. The number of thioether (sulfide) groups is 1. The second-order valence-corrected chi connectivity index (χ2v) is 11.8. The molecular weight excluding hydrogens is 522 g/mol. The zero-order valence-corrected chi connectivity index (χ0v) is 25.1. The molecule has 0 aromatic heterocycles. The summed E-state index contributed by atoms with van der Waals surface area (Å²) in [4.78, 5) is 42.7. The van der Waals surface area contributed by atoms with Crippen LogP contribution in [0, 0.1) is 0 Å². The predicted molar refractivity (Wildman–Crippen MR) is 165 cm³/mol. The van der Waals surface area contributed by atoms with E-state index in [1.165, 1.54) is 0 Å². The molecule has 40 heavy (non-hydrogen) atoms. The maximum absolute atomic E-state index is 14.3. The molecular formula is C32H41N3O4S. The number of benzene rings is 3. The van der Waals surface area contributed by atoms with Crippen molar-refractivity contribution in [2.75, 3.05) is 17.3 Å². The summed E-state index contributed by atoms with van der Waals surface area (Å²) >= 11 is 1.59. The maximum Gasteiger partial charge on any atom is 0.408 e. The third-order valence-electron chi connectivity index (χ3n) is 6.58. The first kappa shape index (κ1) is 31.0. The number of ether oxygens (including phenoxy) is 1. The number of amides is 3. The van der Waals surface area contributed by atoms with Gasteiger partial charge in [0.25, 0.3) is 5.91 Å². The molecule has 0 aliphatic heterocycles. The molecule has 0 radical (unpaired) electrons. The van der Waals surface area contributed by atoms with Crippen molar-refractivity contribution in [3.8, 4) is 0 Å². The number of carbonyl (C=O) groups excluding carboxylic acids is 3. The lowest BCUT2D eigenvalue weighted by Crippen LogP contribution is -2.55. The van der Waals surface area contributed by atoms with Gasteiger partial charge in [-0.1, -0.05) is 67.6 Å². The fourth-order valence-electron chi connectivity index (χ4n) is 4.47. The van der Waals surface area contributed by atoms with Crippen molar-refractivity contribution in [3.05, 3.63) is 78.4 Å². The number of hydrogen-bond acceptors (Lipinski definition) is 5. The summed E-state index contributed by atoms with van der Waals surface area (Å²) in [6.45, 7) is 9.24. The summed E-state index contributed by atoms with van der Waals surface area (Å²) in [7, 11) is 0. The average Bonchev–Trinajstić information content (AvgIpc) is 2.92. The number of rotatable bonds is 11. The topological polar surface area (TPSA) is 87.7 Å². The van der Waals surface area contributed by atoms with Crippen LogP contribution in [0.5, 0.6) is 0 Å². The second-order valence-electron chi connectivity index (χ2n) is 10.8. The largest absolute Gasteiger partial charge is 0.444 e. The minimum absolute atomic E-state index is 0.280. The van der Waals surface area contributed by atoms with Crippen LogP contribution in [0.15, 0.2) is 72.8 Å². The number of nitrogens with one attached hydrogen (secondary N) is 2. The molecule has 0 heterocycles. The van der Waals surface area contributed by atoms with Gasteiger partial charge in [0.15, 0.2) is 0 Å². The van der Waals surface area contributed by atoms with E-state index in [-0.39, 0.29) is 17.9 Å². The Hall–Kier alpha value is -3.52. The predicted octanol–water partition coefficient (Wildman–Crippen LogP) is 6.79. The van der Waals surface area contributed by atoms with Gasteiger partial charge in [0.05, 0.1) is 0 Å². The fourth-order valence-corrected chi connectivity index (χ4v) is 4.94. The van der Waals surface area contributed by atoms with E-state index >= 15 is 0 Å². The molecule has 0 saturated heterocycles. The lowest BCUT2D eigenvalue weighted by Gasteiger charge is -2.38. The lowest BCUT2D eigenvalue weighted by molar-refractivity contribution is -0.143. The van der Waals surface area contributed by atoms with Crippen LogP contribution in [0.3, 0.4) is 0 Å². The zero-order valence-electron chi connectivity index (χ0n) is 24.3. The molecule has 0 fully saturated rings. The molecule has 3 amide bonds. The van der Waals surface area contributed by atoms with Gasteiger partial charge < -0.3 is 20.3 Å². The van der Waals surface area contributed by atoms with Gasteiger partial charge in [-0.05, 0) is 81.0 Å². The van der Waals surface area contributed by atoms with Crippen molar-refractivity contribution in [3.63, 3.8) is 0 Å². The van der Waals surface area contributed by atoms with Gasteiger partial charge in [-0.3, -0.25) is 9.59 Å². The Morgan fingerprint density at radius 1 is 0.950 bits per heavy atom. The molecule has 8 heteroatoms. The van der Waals surface area contributed by atoms with Crippen LogP contribution in [-0.2, 0) is 14.3 Å². The van der Waals surface area contributed by atoms with E-state index in [9.17, 15) is 14.4 Å². The summed E-state index contributed by atoms with van der Waals surface area (Å²) in [6.07, 6.45) is 2.32.